The molecule has 0 bridgehead atoms. The molecule has 82 valence electrons. The maximum Gasteiger partial charge on any atom is 0.133 e. The predicted molar refractivity (Wildman–Crippen MR) is 70.2 cm³/mol. The molecule has 2 rings (SSSR count). The molecule has 2 aromatic heterocycles. The third kappa shape index (κ3) is 2.34. The fraction of sp³-hybridized carbons (Fsp3) is 0.125. The Kier molecular flexibility index (Phi) is 4.05. The summed E-state index contributed by atoms with van der Waals surface area (Å²) in [5.74, 6) is 0.539. The Morgan fingerprint density at radius 1 is 1.44 bits per heavy atom. The van der Waals surface area contributed by atoms with Gasteiger partial charge >= 0.3 is 0 Å². The molecular weight excluding hydrogens is 305 g/mol. The molecule has 3 nitrogen and oxygen atoms in total. The summed E-state index contributed by atoms with van der Waals surface area (Å²) in [6.07, 6.45) is 0. The number of hydrogen-bond donors (Lipinski definition) is 0. The van der Waals surface area contributed by atoms with Crippen molar-refractivity contribution in [3.8, 4) is 16.0 Å². The van der Waals surface area contributed by atoms with Gasteiger partial charge in [0.25, 0.3) is 0 Å². The molecule has 2 aromatic rings. The van der Waals surface area contributed by atoms with Gasteiger partial charge in [-0.15, -0.1) is 16.4 Å². The molecule has 0 atom stereocenters. The van der Waals surface area contributed by atoms with E-state index >= 15 is 0 Å². The topological polar surface area (TPSA) is 49.6 Å². The largest absolute Gasteiger partial charge is 0.185 e. The third-order valence-electron chi connectivity index (χ3n) is 1.72. The fourth-order valence-electron chi connectivity index (χ4n) is 1.05. The maximum absolute atomic E-state index is 8.50. The quantitative estimate of drug-likeness (QED) is 0.794. The van der Waals surface area contributed by atoms with E-state index in [-0.39, 0.29) is 0 Å². The number of aromatic nitrogens is 2. The average Bonchev–Trinajstić information content (AvgIpc) is 2.88. The molecule has 0 aliphatic heterocycles. The van der Waals surface area contributed by atoms with Gasteiger partial charge in [0.2, 0.25) is 0 Å². The summed E-state index contributed by atoms with van der Waals surface area (Å²) in [5.41, 5.74) is 0.732. The van der Waals surface area contributed by atoms with E-state index in [1.165, 1.54) is 22.9 Å². The molecule has 0 saturated carbocycles. The highest BCUT2D eigenvalue weighted by Crippen LogP contribution is 2.43. The molecule has 0 aliphatic carbocycles. The van der Waals surface area contributed by atoms with Crippen LogP contribution in [0.25, 0.3) is 10.6 Å². The monoisotopic (exact) mass is 307 g/mol. The first kappa shape index (κ1) is 12.1. The van der Waals surface area contributed by atoms with E-state index in [0.717, 1.165) is 27.2 Å². The molecule has 16 heavy (non-hydrogen) atoms. The Labute approximate surface area is 114 Å². The molecule has 0 radical (unpaired) electrons. The lowest BCUT2D eigenvalue weighted by Gasteiger charge is -1.90. The lowest BCUT2D eigenvalue weighted by Crippen LogP contribution is -1.72. The van der Waals surface area contributed by atoms with Crippen molar-refractivity contribution in [1.82, 2.24) is 9.59 Å². The van der Waals surface area contributed by atoms with E-state index in [9.17, 15) is 0 Å². The molecular formula is C8H3Cl2N3S3. The van der Waals surface area contributed by atoms with Crippen LogP contribution in [0.2, 0.25) is 10.0 Å². The highest BCUT2D eigenvalue weighted by molar-refractivity contribution is 8.03. The normalized spacial score (nSPS) is 10.3. The smallest absolute Gasteiger partial charge is 0.133 e. The Balaban J connectivity index is 2.38. The van der Waals surface area contributed by atoms with Crippen LogP contribution >= 0.6 is 57.8 Å². The summed E-state index contributed by atoms with van der Waals surface area (Å²) in [6.45, 7) is 0. The van der Waals surface area contributed by atoms with Crippen molar-refractivity contribution in [3.63, 3.8) is 0 Å². The highest BCUT2D eigenvalue weighted by atomic mass is 35.5. The van der Waals surface area contributed by atoms with Crippen molar-refractivity contribution in [1.29, 1.82) is 5.26 Å². The summed E-state index contributed by atoms with van der Waals surface area (Å²) >= 11 is 16.0. The number of rotatable bonds is 3. The van der Waals surface area contributed by atoms with Crippen molar-refractivity contribution in [2.75, 3.05) is 0 Å². The summed E-state index contributed by atoms with van der Waals surface area (Å²) in [7, 11) is 0. The lowest BCUT2D eigenvalue weighted by molar-refractivity contribution is 1.17. The molecule has 0 aliphatic rings. The molecule has 2 heterocycles. The minimum Gasteiger partial charge on any atom is -0.185 e. The van der Waals surface area contributed by atoms with E-state index in [4.69, 9.17) is 28.5 Å². The van der Waals surface area contributed by atoms with Crippen LogP contribution in [0.1, 0.15) is 4.88 Å². The van der Waals surface area contributed by atoms with Crippen LogP contribution in [0.15, 0.2) is 5.38 Å². The van der Waals surface area contributed by atoms with E-state index in [1.54, 1.807) is 0 Å². The van der Waals surface area contributed by atoms with Gasteiger partial charge in [-0.1, -0.05) is 27.7 Å². The second-order valence-corrected chi connectivity index (χ2v) is 5.88. The number of thiocyanates is 1. The van der Waals surface area contributed by atoms with E-state index in [1.807, 2.05) is 10.8 Å². The van der Waals surface area contributed by atoms with Crippen molar-refractivity contribution in [2.45, 2.75) is 5.75 Å². The lowest BCUT2D eigenvalue weighted by atomic mass is 10.4. The van der Waals surface area contributed by atoms with Crippen LogP contribution in [-0.2, 0) is 5.75 Å². The Morgan fingerprint density at radius 2 is 2.25 bits per heavy atom. The number of hydrogen-bond acceptors (Lipinski definition) is 6. The Bertz CT molecular complexity index is 529. The van der Waals surface area contributed by atoms with Crippen LogP contribution in [0.5, 0.6) is 0 Å². The number of thiophene rings is 1. The van der Waals surface area contributed by atoms with Crippen molar-refractivity contribution < 1.29 is 0 Å². The van der Waals surface area contributed by atoms with Gasteiger partial charge in [-0.25, -0.2) is 0 Å². The zero-order chi connectivity index (χ0) is 11.5. The van der Waals surface area contributed by atoms with Crippen LogP contribution in [0.3, 0.4) is 0 Å². The van der Waals surface area contributed by atoms with Gasteiger partial charge in [0.1, 0.15) is 11.1 Å². The molecule has 0 fully saturated rings. The SMILES string of the molecule is N#CSCc1sc(-c2csnn2)c(Cl)c1Cl. The number of nitrogens with zero attached hydrogens (tertiary/aromatic N) is 3. The molecule has 0 N–H and O–H groups in total. The molecule has 0 saturated heterocycles. The van der Waals surface area contributed by atoms with Gasteiger partial charge in [-0.2, -0.15) is 5.26 Å². The second-order valence-electron chi connectivity index (χ2n) is 2.65. The Morgan fingerprint density at radius 3 is 2.88 bits per heavy atom. The average molecular weight is 308 g/mol. The standard InChI is InChI=1S/C8H3Cl2N3S3/c9-6-5(2-14-3-11)16-8(7(6)10)4-1-15-13-12-4/h1H,2H2. The molecule has 0 unspecified atom stereocenters. The van der Waals surface area contributed by atoms with Gasteiger partial charge in [0.05, 0.1) is 14.9 Å². The first-order chi connectivity index (χ1) is 7.74. The predicted octanol–water partition coefficient (Wildman–Crippen LogP) is 4.29. The number of halogens is 2. The summed E-state index contributed by atoms with van der Waals surface area (Å²) < 4.78 is 3.78. The van der Waals surface area contributed by atoms with Gasteiger partial charge in [-0.05, 0) is 23.3 Å². The first-order valence-corrected chi connectivity index (χ1v) is 7.38. The minimum absolute atomic E-state index is 0.493. The zero-order valence-electron chi connectivity index (χ0n) is 7.61. The highest BCUT2D eigenvalue weighted by Gasteiger charge is 2.17. The van der Waals surface area contributed by atoms with Crippen LogP contribution < -0.4 is 0 Å². The van der Waals surface area contributed by atoms with Crippen molar-refractivity contribution in [2.24, 2.45) is 0 Å². The second kappa shape index (κ2) is 5.34. The van der Waals surface area contributed by atoms with E-state index in [2.05, 4.69) is 9.59 Å². The molecule has 8 heteroatoms. The van der Waals surface area contributed by atoms with Crippen LogP contribution in [0.4, 0.5) is 0 Å². The number of thioether (sulfide) groups is 1. The van der Waals surface area contributed by atoms with E-state index in [0.29, 0.717) is 15.8 Å². The van der Waals surface area contributed by atoms with Crippen LogP contribution in [-0.4, -0.2) is 9.59 Å². The Hall–Kier alpha value is -0.320. The zero-order valence-corrected chi connectivity index (χ0v) is 11.6. The fourth-order valence-corrected chi connectivity index (χ4v) is 3.96. The minimum atomic E-state index is 0.493. The van der Waals surface area contributed by atoms with Gasteiger partial charge in [0.15, 0.2) is 0 Å². The third-order valence-corrected chi connectivity index (χ3v) is 5.30. The summed E-state index contributed by atoms with van der Waals surface area (Å²) in [5, 5.41) is 17.3. The van der Waals surface area contributed by atoms with Crippen molar-refractivity contribution >= 4 is 57.8 Å². The summed E-state index contributed by atoms with van der Waals surface area (Å²) in [4.78, 5) is 1.70. The maximum atomic E-state index is 8.50. The number of nitriles is 1. The van der Waals surface area contributed by atoms with Gasteiger partial charge < -0.3 is 0 Å². The van der Waals surface area contributed by atoms with Crippen molar-refractivity contribution in [3.05, 3.63) is 20.3 Å². The molecule has 0 amide bonds. The van der Waals surface area contributed by atoms with Gasteiger partial charge in [-0.3, -0.25) is 0 Å². The van der Waals surface area contributed by atoms with Gasteiger partial charge in [0, 0.05) is 16.0 Å². The molecule has 0 spiro atoms. The van der Waals surface area contributed by atoms with Crippen LogP contribution in [0, 0.1) is 10.7 Å². The summed E-state index contributed by atoms with van der Waals surface area (Å²) in [6, 6.07) is 0. The molecule has 0 aromatic carbocycles. The first-order valence-electron chi connectivity index (χ1n) is 3.99. The van der Waals surface area contributed by atoms with E-state index < -0.39 is 0 Å².